The quantitative estimate of drug-likeness (QED) is 0.847. The van der Waals surface area contributed by atoms with Gasteiger partial charge >= 0.3 is 6.03 Å². The Morgan fingerprint density at radius 1 is 0.870 bits per heavy atom. The summed E-state index contributed by atoms with van der Waals surface area (Å²) < 4.78 is 0. The fourth-order valence-electron chi connectivity index (χ4n) is 1.48. The van der Waals surface area contributed by atoms with E-state index < -0.39 is 11.9 Å². The number of benzene rings is 2. The zero-order valence-corrected chi connectivity index (χ0v) is 13.5. The Balaban J connectivity index is 2.16. The van der Waals surface area contributed by atoms with Crippen LogP contribution in [0.5, 0.6) is 11.5 Å². The third kappa shape index (κ3) is 5.36. The van der Waals surface area contributed by atoms with E-state index in [9.17, 15) is 9.59 Å². The van der Waals surface area contributed by atoms with Gasteiger partial charge in [0.1, 0.15) is 0 Å². The van der Waals surface area contributed by atoms with Crippen molar-refractivity contribution in [2.45, 2.75) is 6.92 Å². The van der Waals surface area contributed by atoms with E-state index in [1.165, 1.54) is 6.92 Å². The molecule has 6 nitrogen and oxygen atoms in total. The lowest BCUT2D eigenvalue weighted by Crippen LogP contribution is -2.45. The highest BCUT2D eigenvalue weighted by atomic mass is 35.5. The molecule has 0 fully saturated rings. The number of hydrogen-bond donors (Lipinski definition) is 1. The maximum absolute atomic E-state index is 12.0. The lowest BCUT2D eigenvalue weighted by atomic mass is 10.3. The number of imide groups is 1. The molecule has 0 aromatic heterocycles. The van der Waals surface area contributed by atoms with Crippen molar-refractivity contribution in [1.82, 2.24) is 10.5 Å². The van der Waals surface area contributed by atoms with Gasteiger partial charge in [-0.15, -0.1) is 0 Å². The number of hydroxylamine groups is 2. The zero-order chi connectivity index (χ0) is 16.8. The maximum atomic E-state index is 12.0. The SMILES string of the molecule is CC(=O)NC(=O)N(Oc1ccc(Cl)cc1)Oc1ccc(Cl)cc1. The Labute approximate surface area is 142 Å². The highest BCUT2D eigenvalue weighted by Crippen LogP contribution is 2.20. The number of halogens is 2. The van der Waals surface area contributed by atoms with Crippen molar-refractivity contribution < 1.29 is 19.3 Å². The second-order valence-electron chi connectivity index (χ2n) is 4.33. The monoisotopic (exact) mass is 354 g/mol. The van der Waals surface area contributed by atoms with E-state index >= 15 is 0 Å². The molecule has 120 valence electrons. The van der Waals surface area contributed by atoms with Gasteiger partial charge in [-0.3, -0.25) is 10.1 Å². The Morgan fingerprint density at radius 2 is 1.26 bits per heavy atom. The lowest BCUT2D eigenvalue weighted by Gasteiger charge is -2.21. The summed E-state index contributed by atoms with van der Waals surface area (Å²) in [4.78, 5) is 33.7. The molecular formula is C15H12Cl2N2O4. The summed E-state index contributed by atoms with van der Waals surface area (Å²) in [6.45, 7) is 1.20. The number of nitrogens with zero attached hydrogens (tertiary/aromatic N) is 1. The van der Waals surface area contributed by atoms with Gasteiger partial charge in [-0.25, -0.2) is 4.79 Å². The highest BCUT2D eigenvalue weighted by Gasteiger charge is 2.20. The molecule has 3 amide bonds. The fourth-order valence-corrected chi connectivity index (χ4v) is 1.73. The number of hydrogen-bond acceptors (Lipinski definition) is 4. The molecular weight excluding hydrogens is 343 g/mol. The molecule has 0 atom stereocenters. The van der Waals surface area contributed by atoms with Gasteiger partial charge in [0.25, 0.3) is 0 Å². The third-order valence-electron chi connectivity index (χ3n) is 2.45. The summed E-state index contributed by atoms with van der Waals surface area (Å²) in [5.74, 6) is 0.0311. The van der Waals surface area contributed by atoms with E-state index in [0.717, 1.165) is 0 Å². The van der Waals surface area contributed by atoms with Crippen molar-refractivity contribution in [1.29, 1.82) is 0 Å². The Bertz CT molecular complexity index is 642. The molecule has 0 bridgehead atoms. The van der Waals surface area contributed by atoms with Gasteiger partial charge in [-0.1, -0.05) is 23.2 Å². The number of urea groups is 1. The van der Waals surface area contributed by atoms with Crippen LogP contribution in [0.2, 0.25) is 10.0 Å². The summed E-state index contributed by atoms with van der Waals surface area (Å²) in [7, 11) is 0. The van der Waals surface area contributed by atoms with Gasteiger partial charge < -0.3 is 9.68 Å². The Hall–Kier alpha value is -2.44. The first-order valence-corrected chi connectivity index (χ1v) is 7.18. The van der Waals surface area contributed by atoms with Gasteiger partial charge in [-0.2, -0.15) is 0 Å². The van der Waals surface area contributed by atoms with Crippen molar-refractivity contribution in [2.75, 3.05) is 0 Å². The molecule has 0 heterocycles. The van der Waals surface area contributed by atoms with Gasteiger partial charge in [0, 0.05) is 22.2 Å². The van der Waals surface area contributed by atoms with E-state index in [-0.39, 0.29) is 0 Å². The van der Waals surface area contributed by atoms with E-state index in [1.54, 1.807) is 48.5 Å². The predicted molar refractivity (Wildman–Crippen MR) is 85.2 cm³/mol. The Morgan fingerprint density at radius 3 is 1.61 bits per heavy atom. The number of carbonyl (C=O) groups excluding carboxylic acids is 2. The van der Waals surface area contributed by atoms with Gasteiger partial charge in [0.05, 0.1) is 0 Å². The third-order valence-corrected chi connectivity index (χ3v) is 2.96. The van der Waals surface area contributed by atoms with Crippen LogP contribution in [0.15, 0.2) is 48.5 Å². The van der Waals surface area contributed by atoms with Crippen LogP contribution in [0.4, 0.5) is 4.79 Å². The predicted octanol–water partition coefficient (Wildman–Crippen LogP) is 3.84. The maximum Gasteiger partial charge on any atom is 0.395 e. The van der Waals surface area contributed by atoms with Crippen molar-refractivity contribution in [3.05, 3.63) is 58.6 Å². The zero-order valence-electron chi connectivity index (χ0n) is 12.0. The summed E-state index contributed by atoms with van der Waals surface area (Å²) in [6.07, 6.45) is 0. The Kier molecular flexibility index (Phi) is 5.67. The van der Waals surface area contributed by atoms with Crippen molar-refractivity contribution >= 4 is 35.1 Å². The second kappa shape index (κ2) is 7.71. The summed E-state index contributed by atoms with van der Waals surface area (Å²) >= 11 is 11.6. The van der Waals surface area contributed by atoms with Gasteiger partial charge in [-0.05, 0) is 48.5 Å². The molecule has 0 unspecified atom stereocenters. The normalized spacial score (nSPS) is 9.87. The number of carbonyl (C=O) groups is 2. The fraction of sp³-hybridized carbons (Fsp3) is 0.0667. The first kappa shape index (κ1) is 16.9. The van der Waals surface area contributed by atoms with Crippen molar-refractivity contribution in [2.24, 2.45) is 0 Å². The molecule has 1 N–H and O–H groups in total. The highest BCUT2D eigenvalue weighted by molar-refractivity contribution is 6.30. The van der Waals surface area contributed by atoms with Crippen LogP contribution in [0.25, 0.3) is 0 Å². The van der Waals surface area contributed by atoms with E-state index in [4.69, 9.17) is 32.9 Å². The van der Waals surface area contributed by atoms with E-state index in [2.05, 4.69) is 5.32 Å². The average Bonchev–Trinajstić information content (AvgIpc) is 2.50. The van der Waals surface area contributed by atoms with Gasteiger partial charge in [0.2, 0.25) is 5.91 Å². The minimum atomic E-state index is -0.887. The molecule has 0 radical (unpaired) electrons. The van der Waals surface area contributed by atoms with Gasteiger partial charge in [0.15, 0.2) is 11.5 Å². The van der Waals surface area contributed by atoms with Crippen molar-refractivity contribution in [3.8, 4) is 11.5 Å². The molecule has 8 heteroatoms. The molecule has 23 heavy (non-hydrogen) atoms. The van der Waals surface area contributed by atoms with Crippen LogP contribution in [0.3, 0.4) is 0 Å². The number of amides is 3. The molecule has 0 aliphatic carbocycles. The number of nitrogens with one attached hydrogen (secondary N) is 1. The molecule has 2 rings (SSSR count). The van der Waals surface area contributed by atoms with Crippen LogP contribution in [0, 0.1) is 0 Å². The summed E-state index contributed by atoms with van der Waals surface area (Å²) in [5.41, 5.74) is 0. The van der Waals surface area contributed by atoms with Crippen LogP contribution in [0.1, 0.15) is 6.92 Å². The molecule has 0 spiro atoms. The topological polar surface area (TPSA) is 67.9 Å². The first-order chi connectivity index (χ1) is 10.9. The largest absolute Gasteiger partial charge is 0.395 e. The van der Waals surface area contributed by atoms with Crippen LogP contribution in [-0.4, -0.2) is 17.2 Å². The van der Waals surface area contributed by atoms with Crippen LogP contribution < -0.4 is 15.0 Å². The average molecular weight is 355 g/mol. The minimum absolute atomic E-state index is 0.294. The molecule has 0 aliphatic rings. The first-order valence-electron chi connectivity index (χ1n) is 6.43. The van der Waals surface area contributed by atoms with Crippen molar-refractivity contribution in [3.63, 3.8) is 0 Å². The smallest absolute Gasteiger partial charge is 0.341 e. The lowest BCUT2D eigenvalue weighted by molar-refractivity contribution is -0.208. The molecule has 0 saturated carbocycles. The molecule has 0 saturated heterocycles. The van der Waals surface area contributed by atoms with E-state index in [0.29, 0.717) is 26.8 Å². The summed E-state index contributed by atoms with van der Waals surface area (Å²) in [5, 5.41) is 3.62. The number of rotatable bonds is 4. The van der Waals surface area contributed by atoms with Crippen LogP contribution >= 0.6 is 23.2 Å². The second-order valence-corrected chi connectivity index (χ2v) is 5.21. The molecule has 2 aromatic rings. The summed E-state index contributed by atoms with van der Waals surface area (Å²) in [6, 6.07) is 11.6. The molecule has 2 aromatic carbocycles. The van der Waals surface area contributed by atoms with E-state index in [1.807, 2.05) is 0 Å². The molecule has 0 aliphatic heterocycles. The van der Waals surface area contributed by atoms with Crippen LogP contribution in [-0.2, 0) is 4.79 Å². The minimum Gasteiger partial charge on any atom is -0.341 e. The standard InChI is InChI=1S/C15H12Cl2N2O4/c1-10(20)18-15(21)19(22-13-6-2-11(16)3-7-13)23-14-8-4-12(17)5-9-14/h2-9H,1H3,(H,18,20,21).